The van der Waals surface area contributed by atoms with Crippen molar-refractivity contribution in [2.75, 3.05) is 13.7 Å². The van der Waals surface area contributed by atoms with E-state index >= 15 is 4.39 Å². The molecule has 0 bridgehead atoms. The van der Waals surface area contributed by atoms with Gasteiger partial charge in [-0.2, -0.15) is 0 Å². The molecule has 4 rings (SSSR count). The smallest absolute Gasteiger partial charge is 0.250 e. The lowest BCUT2D eigenvalue weighted by Crippen LogP contribution is -2.63. The Labute approximate surface area is 197 Å². The van der Waals surface area contributed by atoms with Crippen LogP contribution in [0.5, 0.6) is 0 Å². The molecule has 0 radical (unpaired) electrons. The average Bonchev–Trinajstić information content (AvgIpc) is 2.73. The zero-order valence-electron chi connectivity index (χ0n) is 18.7. The molecule has 2 fully saturated rings. The minimum Gasteiger partial charge on any atom is -0.381 e. The van der Waals surface area contributed by atoms with Crippen LogP contribution in [0.25, 0.3) is 0 Å². The van der Waals surface area contributed by atoms with Crippen molar-refractivity contribution < 1.29 is 23.1 Å². The summed E-state index contributed by atoms with van der Waals surface area (Å²) in [6.07, 6.45) is 5.38. The summed E-state index contributed by atoms with van der Waals surface area (Å²) in [7, 11) is 1.62. The van der Waals surface area contributed by atoms with Crippen LogP contribution in [0.15, 0.2) is 58.5 Å². The Morgan fingerprint density at radius 3 is 2.52 bits per heavy atom. The van der Waals surface area contributed by atoms with Gasteiger partial charge in [-0.1, -0.05) is 29.8 Å². The molecule has 2 aliphatic carbocycles. The molecule has 1 aromatic rings. The maximum absolute atomic E-state index is 15.2. The van der Waals surface area contributed by atoms with Gasteiger partial charge in [0.25, 0.3) is 5.91 Å². The molecule has 1 unspecified atom stereocenters. The van der Waals surface area contributed by atoms with Gasteiger partial charge >= 0.3 is 0 Å². The van der Waals surface area contributed by atoms with E-state index in [-0.39, 0.29) is 53.5 Å². The molecule has 1 aliphatic heterocycles. The summed E-state index contributed by atoms with van der Waals surface area (Å²) in [6.45, 7) is 1.70. The molecule has 0 spiro atoms. The number of carbonyl (C=O) groups excluding carboxylic acids is 2. The normalized spacial score (nSPS) is 31.8. The topological polar surface area (TPSA) is 49.9 Å². The third-order valence-corrected chi connectivity index (χ3v) is 6.93. The number of allylic oxidation sites excluding steroid dienone is 5. The van der Waals surface area contributed by atoms with Crippen molar-refractivity contribution in [1.29, 1.82) is 0 Å². The molecule has 1 saturated carbocycles. The molecule has 1 saturated heterocycles. The average molecular weight is 477 g/mol. The van der Waals surface area contributed by atoms with Gasteiger partial charge in [-0.25, -0.2) is 8.78 Å². The maximum Gasteiger partial charge on any atom is 0.250 e. The SMILES string of the molecule is COC1CC(C2C(=O)N(C3=C(/C)CC\C=C(Cl)/C=C\3F)CC(=O)N2Cc2ccc(F)cc2)C1. The van der Waals surface area contributed by atoms with E-state index in [0.717, 1.165) is 5.56 Å². The van der Waals surface area contributed by atoms with Crippen molar-refractivity contribution in [1.82, 2.24) is 9.80 Å². The first kappa shape index (κ1) is 23.6. The molecule has 176 valence electrons. The molecule has 33 heavy (non-hydrogen) atoms. The lowest BCUT2D eigenvalue weighted by Gasteiger charge is -2.48. The van der Waals surface area contributed by atoms with Crippen LogP contribution < -0.4 is 0 Å². The van der Waals surface area contributed by atoms with Gasteiger partial charge < -0.3 is 9.64 Å². The highest BCUT2D eigenvalue weighted by Crippen LogP contribution is 2.39. The number of benzene rings is 1. The fraction of sp³-hybridized carbons (Fsp3) is 0.440. The fourth-order valence-corrected chi connectivity index (χ4v) is 4.99. The number of piperazine rings is 1. The van der Waals surface area contributed by atoms with Gasteiger partial charge in [-0.15, -0.1) is 0 Å². The number of amides is 2. The minimum atomic E-state index is -0.743. The summed E-state index contributed by atoms with van der Waals surface area (Å²) in [5.41, 5.74) is 1.55. The second-order valence-electron chi connectivity index (χ2n) is 8.86. The van der Waals surface area contributed by atoms with Crippen molar-refractivity contribution in [2.45, 2.75) is 51.3 Å². The van der Waals surface area contributed by atoms with Crippen molar-refractivity contribution >= 4 is 23.4 Å². The number of rotatable bonds is 5. The fourth-order valence-electron chi connectivity index (χ4n) is 4.78. The highest BCUT2D eigenvalue weighted by Gasteiger charge is 2.49. The second kappa shape index (κ2) is 9.77. The van der Waals surface area contributed by atoms with E-state index in [4.69, 9.17) is 16.3 Å². The Morgan fingerprint density at radius 1 is 1.15 bits per heavy atom. The molecule has 0 aromatic heterocycles. The van der Waals surface area contributed by atoms with E-state index in [0.29, 0.717) is 31.3 Å². The van der Waals surface area contributed by atoms with Gasteiger partial charge in [0.1, 0.15) is 24.2 Å². The quantitative estimate of drug-likeness (QED) is 0.611. The molecule has 1 aromatic carbocycles. The molecule has 5 nitrogen and oxygen atoms in total. The number of hydrogen-bond acceptors (Lipinski definition) is 3. The van der Waals surface area contributed by atoms with E-state index in [9.17, 15) is 14.0 Å². The number of methoxy groups -OCH3 is 1. The third kappa shape index (κ3) is 4.89. The van der Waals surface area contributed by atoms with Crippen LogP contribution in [0, 0.1) is 11.7 Å². The summed E-state index contributed by atoms with van der Waals surface area (Å²) >= 11 is 6.08. The van der Waals surface area contributed by atoms with E-state index in [1.165, 1.54) is 23.1 Å². The summed E-state index contributed by atoms with van der Waals surface area (Å²) in [6, 6.07) is 5.13. The lowest BCUT2D eigenvalue weighted by molar-refractivity contribution is -0.161. The van der Waals surface area contributed by atoms with Gasteiger partial charge in [-0.3, -0.25) is 14.5 Å². The third-order valence-electron chi connectivity index (χ3n) is 6.67. The van der Waals surface area contributed by atoms with Crippen LogP contribution in [0.3, 0.4) is 0 Å². The number of halogens is 3. The summed E-state index contributed by atoms with van der Waals surface area (Å²) < 4.78 is 33.9. The molecule has 1 atom stereocenters. The zero-order chi connectivity index (χ0) is 23.7. The molecule has 0 N–H and O–H groups in total. The monoisotopic (exact) mass is 476 g/mol. The van der Waals surface area contributed by atoms with E-state index < -0.39 is 11.9 Å². The van der Waals surface area contributed by atoms with Crippen molar-refractivity contribution in [3.8, 4) is 0 Å². The van der Waals surface area contributed by atoms with Crippen LogP contribution in [-0.2, 0) is 20.9 Å². The zero-order valence-corrected chi connectivity index (χ0v) is 19.4. The summed E-state index contributed by atoms with van der Waals surface area (Å²) in [5, 5.41) is 0.268. The van der Waals surface area contributed by atoms with Gasteiger partial charge in [0.05, 0.1) is 11.8 Å². The molecule has 2 amide bonds. The number of carbonyl (C=O) groups is 2. The second-order valence-corrected chi connectivity index (χ2v) is 9.29. The number of nitrogens with zero attached hydrogens (tertiary/aromatic N) is 2. The van der Waals surface area contributed by atoms with E-state index in [2.05, 4.69) is 0 Å². The first-order valence-electron chi connectivity index (χ1n) is 11.1. The highest BCUT2D eigenvalue weighted by atomic mass is 35.5. The van der Waals surface area contributed by atoms with Crippen LogP contribution in [0.2, 0.25) is 0 Å². The minimum absolute atomic E-state index is 0.0314. The van der Waals surface area contributed by atoms with Gasteiger partial charge in [0.15, 0.2) is 0 Å². The first-order valence-corrected chi connectivity index (χ1v) is 11.5. The molecule has 1 heterocycles. The summed E-state index contributed by atoms with van der Waals surface area (Å²) in [4.78, 5) is 29.9. The maximum atomic E-state index is 15.2. The van der Waals surface area contributed by atoms with E-state index in [1.807, 2.05) is 0 Å². The Bertz CT molecular complexity index is 1030. The molecular formula is C25H27ClF2N2O3. The standard InChI is InChI=1S/C25H27ClF2N2O3/c1-15-4-3-5-18(26)12-21(28)23(15)30-14-22(31)29(13-16-6-8-19(27)9-7-16)24(25(30)32)17-10-20(11-17)33-2/h5-9,12,17,20,24H,3-4,10-11,13-14H2,1-2H3/b18-5+,21-12+,23-15-. The Balaban J connectivity index is 1.68. The van der Waals surface area contributed by atoms with Crippen LogP contribution in [0.1, 0.15) is 38.2 Å². The Kier molecular flexibility index (Phi) is 7.00. The summed E-state index contributed by atoms with van der Waals surface area (Å²) in [5.74, 6) is -1.68. The number of hydrogen-bond donors (Lipinski definition) is 0. The van der Waals surface area contributed by atoms with E-state index in [1.54, 1.807) is 37.1 Å². The van der Waals surface area contributed by atoms with Crippen LogP contribution >= 0.6 is 11.6 Å². The van der Waals surface area contributed by atoms with Crippen LogP contribution in [-0.4, -0.2) is 47.4 Å². The number of ether oxygens (including phenoxy) is 1. The molecule has 8 heteroatoms. The lowest BCUT2D eigenvalue weighted by atomic mass is 9.75. The van der Waals surface area contributed by atoms with Gasteiger partial charge in [-0.05, 0) is 67.9 Å². The Hall–Kier alpha value is -2.51. The van der Waals surface area contributed by atoms with Crippen LogP contribution in [0.4, 0.5) is 8.78 Å². The molecular weight excluding hydrogens is 450 g/mol. The van der Waals surface area contributed by atoms with Crippen molar-refractivity contribution in [3.05, 3.63) is 69.9 Å². The molecule has 3 aliphatic rings. The predicted octanol–water partition coefficient (Wildman–Crippen LogP) is 4.83. The largest absolute Gasteiger partial charge is 0.381 e. The van der Waals surface area contributed by atoms with Gasteiger partial charge in [0, 0.05) is 18.7 Å². The Morgan fingerprint density at radius 2 is 1.85 bits per heavy atom. The van der Waals surface area contributed by atoms with Crippen molar-refractivity contribution in [3.63, 3.8) is 0 Å². The first-order chi connectivity index (χ1) is 15.8. The van der Waals surface area contributed by atoms with Crippen molar-refractivity contribution in [2.24, 2.45) is 5.92 Å². The predicted molar refractivity (Wildman–Crippen MR) is 121 cm³/mol. The highest BCUT2D eigenvalue weighted by molar-refractivity contribution is 6.31. The van der Waals surface area contributed by atoms with Gasteiger partial charge in [0.2, 0.25) is 5.91 Å².